The summed E-state index contributed by atoms with van der Waals surface area (Å²) in [6.45, 7) is 4.90. The van der Waals surface area contributed by atoms with Crippen LogP contribution >= 0.6 is 0 Å². The third kappa shape index (κ3) is 5.95. The number of aromatic nitrogens is 5. The molecule has 0 bridgehead atoms. The molecule has 1 aliphatic heterocycles. The van der Waals surface area contributed by atoms with E-state index in [-0.39, 0.29) is 23.8 Å². The molecule has 37 heavy (non-hydrogen) atoms. The van der Waals surface area contributed by atoms with E-state index < -0.39 is 5.97 Å². The summed E-state index contributed by atoms with van der Waals surface area (Å²) in [5.74, 6) is -0.642. The largest absolute Gasteiger partial charge is 0.481 e. The standard InChI is InChI=1S/C27H34N6O4/c1-4-6-18-7-12-24(34)32(15-18)17-23-27(29-30-31(23)3)21-10-11-22(20(5-2)28-21)33-16-19(8-13-25(33)35)9-14-26(36)37/h7,10-12,15,19H,4-6,8-9,13-14,16-17H2,1-3H3,(H,36,37)/t19-/m0/s1. The fourth-order valence-corrected chi connectivity index (χ4v) is 4.90. The van der Waals surface area contributed by atoms with Gasteiger partial charge in [0.05, 0.1) is 29.3 Å². The molecule has 10 heteroatoms. The summed E-state index contributed by atoms with van der Waals surface area (Å²) in [5.41, 5.74) is 4.52. The Morgan fingerprint density at radius 1 is 1.16 bits per heavy atom. The van der Waals surface area contributed by atoms with E-state index in [1.165, 1.54) is 0 Å². The average Bonchev–Trinajstić information content (AvgIpc) is 3.25. The molecule has 1 aliphatic rings. The van der Waals surface area contributed by atoms with Crippen molar-refractivity contribution in [1.82, 2.24) is 24.5 Å². The summed E-state index contributed by atoms with van der Waals surface area (Å²) < 4.78 is 3.34. The molecular formula is C27H34N6O4. The van der Waals surface area contributed by atoms with Gasteiger partial charge < -0.3 is 14.6 Å². The first-order valence-corrected chi connectivity index (χ1v) is 12.9. The summed E-state index contributed by atoms with van der Waals surface area (Å²) in [7, 11) is 1.80. The number of piperidine rings is 1. The summed E-state index contributed by atoms with van der Waals surface area (Å²) in [6, 6.07) is 7.19. The quantitative estimate of drug-likeness (QED) is 0.448. The van der Waals surface area contributed by atoms with Gasteiger partial charge in [0.1, 0.15) is 5.69 Å². The van der Waals surface area contributed by atoms with Crippen LogP contribution in [0.3, 0.4) is 0 Å². The molecule has 1 atom stereocenters. The van der Waals surface area contributed by atoms with Crippen molar-refractivity contribution < 1.29 is 14.7 Å². The van der Waals surface area contributed by atoms with Gasteiger partial charge in [-0.25, -0.2) is 9.67 Å². The van der Waals surface area contributed by atoms with E-state index in [9.17, 15) is 14.4 Å². The third-order valence-corrected chi connectivity index (χ3v) is 6.94. The van der Waals surface area contributed by atoms with Gasteiger partial charge in [0.15, 0.2) is 0 Å². The number of rotatable bonds is 10. The average molecular weight is 507 g/mol. The zero-order chi connectivity index (χ0) is 26.5. The Morgan fingerprint density at radius 2 is 1.97 bits per heavy atom. The molecule has 0 aliphatic carbocycles. The van der Waals surface area contributed by atoms with E-state index in [0.717, 1.165) is 35.5 Å². The van der Waals surface area contributed by atoms with Crippen molar-refractivity contribution in [1.29, 1.82) is 0 Å². The number of carboxylic acid groups (broad SMARTS) is 1. The van der Waals surface area contributed by atoms with Crippen LogP contribution < -0.4 is 10.5 Å². The fourth-order valence-electron chi connectivity index (χ4n) is 4.90. The van der Waals surface area contributed by atoms with Crippen molar-refractivity contribution in [3.63, 3.8) is 0 Å². The topological polar surface area (TPSA) is 123 Å². The second-order valence-corrected chi connectivity index (χ2v) is 9.62. The Hall–Kier alpha value is -3.82. The lowest BCUT2D eigenvalue weighted by Crippen LogP contribution is -2.40. The van der Waals surface area contributed by atoms with Gasteiger partial charge in [-0.1, -0.05) is 31.5 Å². The van der Waals surface area contributed by atoms with Gasteiger partial charge >= 0.3 is 5.97 Å². The van der Waals surface area contributed by atoms with Gasteiger partial charge in [-0.3, -0.25) is 14.4 Å². The summed E-state index contributed by atoms with van der Waals surface area (Å²) in [5, 5.41) is 17.6. The Balaban J connectivity index is 1.63. The second-order valence-electron chi connectivity index (χ2n) is 9.62. The zero-order valence-corrected chi connectivity index (χ0v) is 21.7. The van der Waals surface area contributed by atoms with E-state index in [1.54, 1.807) is 27.3 Å². The van der Waals surface area contributed by atoms with Crippen LogP contribution in [0.4, 0.5) is 5.69 Å². The molecule has 0 spiro atoms. The molecule has 1 N–H and O–H groups in total. The minimum absolute atomic E-state index is 0.0300. The number of aryl methyl sites for hydroxylation is 3. The predicted molar refractivity (Wildman–Crippen MR) is 139 cm³/mol. The van der Waals surface area contributed by atoms with Gasteiger partial charge in [0.25, 0.3) is 5.56 Å². The van der Waals surface area contributed by atoms with E-state index in [4.69, 9.17) is 10.1 Å². The van der Waals surface area contributed by atoms with Crippen molar-refractivity contribution >= 4 is 17.6 Å². The van der Waals surface area contributed by atoms with Crippen LogP contribution in [0, 0.1) is 5.92 Å². The lowest BCUT2D eigenvalue weighted by Gasteiger charge is -2.33. The number of carbonyl (C=O) groups is 2. The molecule has 3 aromatic heterocycles. The Morgan fingerprint density at radius 3 is 2.70 bits per heavy atom. The predicted octanol–water partition coefficient (Wildman–Crippen LogP) is 3.21. The van der Waals surface area contributed by atoms with Crippen LogP contribution in [0.1, 0.15) is 62.9 Å². The number of hydrogen-bond acceptors (Lipinski definition) is 6. The van der Waals surface area contributed by atoms with Gasteiger partial charge in [0, 0.05) is 38.7 Å². The molecule has 0 unspecified atom stereocenters. The summed E-state index contributed by atoms with van der Waals surface area (Å²) in [4.78, 5) is 43.0. The van der Waals surface area contributed by atoms with Crippen LogP contribution in [0.25, 0.3) is 11.4 Å². The van der Waals surface area contributed by atoms with Gasteiger partial charge in [0.2, 0.25) is 5.91 Å². The maximum atomic E-state index is 12.8. The first-order chi connectivity index (χ1) is 17.8. The Labute approximate surface area is 215 Å². The molecule has 0 radical (unpaired) electrons. The van der Waals surface area contributed by atoms with Crippen molar-refractivity contribution in [2.45, 2.75) is 65.3 Å². The minimum Gasteiger partial charge on any atom is -0.481 e. The molecule has 196 valence electrons. The number of pyridine rings is 2. The van der Waals surface area contributed by atoms with Gasteiger partial charge in [-0.15, -0.1) is 5.10 Å². The maximum Gasteiger partial charge on any atom is 0.303 e. The van der Waals surface area contributed by atoms with Crippen molar-refractivity contribution in [3.05, 3.63) is 57.8 Å². The molecule has 0 saturated carbocycles. The Bertz CT molecular complexity index is 1340. The smallest absolute Gasteiger partial charge is 0.303 e. The number of hydrogen-bond donors (Lipinski definition) is 1. The van der Waals surface area contributed by atoms with Crippen molar-refractivity contribution in [3.8, 4) is 11.4 Å². The van der Waals surface area contributed by atoms with E-state index in [0.29, 0.717) is 50.2 Å². The van der Waals surface area contributed by atoms with Crippen molar-refractivity contribution in [2.75, 3.05) is 11.4 Å². The monoisotopic (exact) mass is 506 g/mol. The molecule has 1 saturated heterocycles. The van der Waals surface area contributed by atoms with Gasteiger partial charge in [-0.2, -0.15) is 0 Å². The first kappa shape index (κ1) is 26.2. The lowest BCUT2D eigenvalue weighted by atomic mass is 9.92. The first-order valence-electron chi connectivity index (χ1n) is 12.9. The number of carboxylic acids is 1. The molecule has 0 aromatic carbocycles. The highest BCUT2D eigenvalue weighted by atomic mass is 16.4. The number of nitrogens with zero attached hydrogens (tertiary/aromatic N) is 6. The number of anilines is 1. The molecular weight excluding hydrogens is 472 g/mol. The van der Waals surface area contributed by atoms with Crippen LogP contribution in [-0.2, 0) is 36.0 Å². The van der Waals surface area contributed by atoms with E-state index in [2.05, 4.69) is 17.2 Å². The van der Waals surface area contributed by atoms with Crippen LogP contribution in [-0.4, -0.2) is 48.1 Å². The number of aliphatic carboxylic acids is 1. The number of carbonyl (C=O) groups excluding carboxylic acids is 1. The third-order valence-electron chi connectivity index (χ3n) is 6.94. The zero-order valence-electron chi connectivity index (χ0n) is 21.7. The van der Waals surface area contributed by atoms with E-state index in [1.807, 2.05) is 31.3 Å². The van der Waals surface area contributed by atoms with Gasteiger partial charge in [-0.05, 0) is 49.3 Å². The highest BCUT2D eigenvalue weighted by Gasteiger charge is 2.29. The maximum absolute atomic E-state index is 12.8. The van der Waals surface area contributed by atoms with Crippen LogP contribution in [0.5, 0.6) is 0 Å². The Kier molecular flexibility index (Phi) is 8.15. The highest BCUT2D eigenvalue weighted by Crippen LogP contribution is 2.31. The fraction of sp³-hybridized carbons (Fsp3) is 0.481. The normalized spacial score (nSPS) is 15.8. The van der Waals surface area contributed by atoms with Crippen molar-refractivity contribution in [2.24, 2.45) is 13.0 Å². The molecule has 3 aromatic rings. The molecule has 1 amide bonds. The summed E-state index contributed by atoms with van der Waals surface area (Å²) in [6.07, 6.45) is 6.14. The lowest BCUT2D eigenvalue weighted by molar-refractivity contribution is -0.137. The summed E-state index contributed by atoms with van der Waals surface area (Å²) >= 11 is 0. The molecule has 10 nitrogen and oxygen atoms in total. The van der Waals surface area contributed by atoms with Crippen LogP contribution in [0.15, 0.2) is 35.3 Å². The minimum atomic E-state index is -0.817. The molecule has 4 rings (SSSR count). The SMILES string of the molecule is CCCc1ccc(=O)n(Cc2c(-c3ccc(N4C[C@H](CCC(=O)O)CCC4=O)c(CC)n3)nnn2C)c1. The molecule has 4 heterocycles. The highest BCUT2D eigenvalue weighted by molar-refractivity contribution is 5.94. The number of amides is 1. The van der Waals surface area contributed by atoms with Crippen LogP contribution in [0.2, 0.25) is 0 Å². The van der Waals surface area contributed by atoms with E-state index >= 15 is 0 Å². The second kappa shape index (κ2) is 11.5. The molecule has 1 fully saturated rings.